The normalized spacial score (nSPS) is 9.94. The van der Waals surface area contributed by atoms with Gasteiger partial charge in [0.25, 0.3) is 0 Å². The van der Waals surface area contributed by atoms with Crippen LogP contribution in [0.25, 0.3) is 0 Å². The molecule has 0 fully saturated rings. The second-order valence-corrected chi connectivity index (χ2v) is 3.76. The molecule has 2 heteroatoms. The maximum Gasteiger partial charge on any atom is 0.337 e. The van der Waals surface area contributed by atoms with E-state index in [0.29, 0.717) is 5.56 Å². The van der Waals surface area contributed by atoms with Gasteiger partial charge in [0, 0.05) is 0 Å². The van der Waals surface area contributed by atoms with Crippen molar-refractivity contribution in [3.63, 3.8) is 0 Å². The predicted octanol–water partition coefficient (Wildman–Crippen LogP) is 2.86. The summed E-state index contributed by atoms with van der Waals surface area (Å²) in [6, 6.07) is 18.5. The van der Waals surface area contributed by atoms with Crippen molar-refractivity contribution in [3.8, 4) is 0 Å². The molecule has 0 aliphatic carbocycles. The molecule has 0 N–H and O–H groups in total. The zero-order valence-corrected chi connectivity index (χ0v) is 9.64. The van der Waals surface area contributed by atoms with Crippen LogP contribution in [0.15, 0.2) is 48.5 Å². The van der Waals surface area contributed by atoms with E-state index in [1.54, 1.807) is 6.07 Å². The van der Waals surface area contributed by atoms with Crippen LogP contribution in [-0.4, -0.2) is 13.1 Å². The first kappa shape index (κ1) is 11.4. The number of carbonyl (C=O) groups excluding carboxylic acids is 1. The summed E-state index contributed by atoms with van der Waals surface area (Å²) >= 11 is 0. The molecule has 2 nitrogen and oxygen atoms in total. The second kappa shape index (κ2) is 5.30. The largest absolute Gasteiger partial charge is 0.465 e. The van der Waals surface area contributed by atoms with E-state index in [-0.39, 0.29) is 5.97 Å². The monoisotopic (exact) mass is 225 g/mol. The van der Waals surface area contributed by atoms with Gasteiger partial charge in [0.2, 0.25) is 0 Å². The summed E-state index contributed by atoms with van der Waals surface area (Å²) in [4.78, 5) is 11.4. The van der Waals surface area contributed by atoms with Gasteiger partial charge in [-0.15, -0.1) is 0 Å². The minimum atomic E-state index is -0.302. The van der Waals surface area contributed by atoms with Gasteiger partial charge in [-0.1, -0.05) is 36.4 Å². The van der Waals surface area contributed by atoms with Gasteiger partial charge in [-0.05, 0) is 35.7 Å². The molecule has 0 spiro atoms. The fourth-order valence-electron chi connectivity index (χ4n) is 1.69. The van der Waals surface area contributed by atoms with Crippen molar-refractivity contribution in [2.24, 2.45) is 0 Å². The summed E-state index contributed by atoms with van der Waals surface area (Å²) in [6.07, 6.45) is 0.770. The minimum absolute atomic E-state index is 0.302. The van der Waals surface area contributed by atoms with Crippen LogP contribution in [0.2, 0.25) is 0 Å². The van der Waals surface area contributed by atoms with E-state index >= 15 is 0 Å². The molecule has 0 heterocycles. The molecule has 2 rings (SSSR count). The third-order valence-electron chi connectivity index (χ3n) is 2.52. The average molecular weight is 225 g/mol. The highest BCUT2D eigenvalue weighted by Gasteiger charge is 2.05. The second-order valence-electron chi connectivity index (χ2n) is 3.76. The zero-order chi connectivity index (χ0) is 12.1. The van der Waals surface area contributed by atoms with Crippen LogP contribution >= 0.6 is 0 Å². The van der Waals surface area contributed by atoms with Crippen molar-refractivity contribution >= 4 is 5.97 Å². The summed E-state index contributed by atoms with van der Waals surface area (Å²) < 4.78 is 4.69. The number of esters is 1. The Morgan fingerprint density at radius 2 is 2.12 bits per heavy atom. The third-order valence-corrected chi connectivity index (χ3v) is 2.52. The highest BCUT2D eigenvalue weighted by Crippen LogP contribution is 2.11. The molecule has 0 aliphatic heterocycles. The topological polar surface area (TPSA) is 26.3 Å². The molecule has 0 bridgehead atoms. The van der Waals surface area contributed by atoms with Crippen LogP contribution in [0.4, 0.5) is 0 Å². The van der Waals surface area contributed by atoms with Gasteiger partial charge >= 0.3 is 5.97 Å². The number of benzene rings is 2. The van der Waals surface area contributed by atoms with Crippen molar-refractivity contribution in [2.45, 2.75) is 6.42 Å². The van der Waals surface area contributed by atoms with Gasteiger partial charge < -0.3 is 4.74 Å². The number of methoxy groups -OCH3 is 1. The van der Waals surface area contributed by atoms with E-state index in [1.165, 1.54) is 7.11 Å². The van der Waals surface area contributed by atoms with Crippen LogP contribution in [0.5, 0.6) is 0 Å². The van der Waals surface area contributed by atoms with E-state index in [9.17, 15) is 4.79 Å². The Hall–Kier alpha value is -2.09. The van der Waals surface area contributed by atoms with Gasteiger partial charge in [0.15, 0.2) is 0 Å². The number of hydrogen-bond acceptors (Lipinski definition) is 2. The predicted molar refractivity (Wildman–Crippen MR) is 65.9 cm³/mol. The molecule has 85 valence electrons. The van der Waals surface area contributed by atoms with Crippen LogP contribution in [0.3, 0.4) is 0 Å². The molecule has 0 unspecified atom stereocenters. The highest BCUT2D eigenvalue weighted by molar-refractivity contribution is 5.89. The van der Waals surface area contributed by atoms with Crippen LogP contribution in [0.1, 0.15) is 21.5 Å². The first-order valence-electron chi connectivity index (χ1n) is 5.42. The molecule has 0 saturated heterocycles. The van der Waals surface area contributed by atoms with Crippen LogP contribution < -0.4 is 0 Å². The maximum atomic E-state index is 11.4. The first-order chi connectivity index (χ1) is 8.29. The SMILES string of the molecule is COC(=O)c1cccc(Cc2[c]cccc2)c1. The minimum Gasteiger partial charge on any atom is -0.465 e. The van der Waals surface area contributed by atoms with Crippen LogP contribution in [-0.2, 0) is 11.2 Å². The summed E-state index contributed by atoms with van der Waals surface area (Å²) in [5, 5.41) is 0. The molecular formula is C15H13O2. The van der Waals surface area contributed by atoms with E-state index in [2.05, 4.69) is 6.07 Å². The standard InChI is InChI=1S/C15H13O2/c1-17-15(16)14-9-5-8-13(11-14)10-12-6-3-2-4-7-12/h2-6,8-9,11H,10H2,1H3. The Labute approximate surface area is 101 Å². The molecule has 0 aliphatic rings. The Morgan fingerprint density at radius 1 is 1.24 bits per heavy atom. The Balaban J connectivity index is 2.20. The van der Waals surface area contributed by atoms with Crippen molar-refractivity contribution in [1.82, 2.24) is 0 Å². The fraction of sp³-hybridized carbons (Fsp3) is 0.133. The Kier molecular flexibility index (Phi) is 3.55. The average Bonchev–Trinajstić information content (AvgIpc) is 2.39. The molecule has 0 aromatic heterocycles. The first-order valence-corrected chi connectivity index (χ1v) is 5.42. The van der Waals surface area contributed by atoms with Crippen molar-refractivity contribution in [1.29, 1.82) is 0 Å². The number of hydrogen-bond donors (Lipinski definition) is 0. The lowest BCUT2D eigenvalue weighted by Gasteiger charge is -2.04. The molecule has 0 atom stereocenters. The smallest absolute Gasteiger partial charge is 0.337 e. The highest BCUT2D eigenvalue weighted by atomic mass is 16.5. The number of carbonyl (C=O) groups is 1. The molecule has 1 radical (unpaired) electrons. The molecule has 0 saturated carbocycles. The lowest BCUT2D eigenvalue weighted by molar-refractivity contribution is 0.0600. The lowest BCUT2D eigenvalue weighted by Crippen LogP contribution is -2.01. The van der Waals surface area contributed by atoms with E-state index in [4.69, 9.17) is 4.74 Å². The molecule has 2 aromatic rings. The van der Waals surface area contributed by atoms with Gasteiger partial charge in [0.05, 0.1) is 12.7 Å². The van der Waals surface area contributed by atoms with Crippen LogP contribution in [0, 0.1) is 6.07 Å². The summed E-state index contributed by atoms with van der Waals surface area (Å²) in [5.74, 6) is -0.302. The third kappa shape index (κ3) is 2.94. The summed E-state index contributed by atoms with van der Waals surface area (Å²) in [6.45, 7) is 0. The van der Waals surface area contributed by atoms with Gasteiger partial charge in [-0.2, -0.15) is 0 Å². The van der Waals surface area contributed by atoms with E-state index in [1.807, 2.05) is 42.5 Å². The zero-order valence-electron chi connectivity index (χ0n) is 9.64. The maximum absolute atomic E-state index is 11.4. The molecule has 0 amide bonds. The van der Waals surface area contributed by atoms with Crippen molar-refractivity contribution in [2.75, 3.05) is 7.11 Å². The van der Waals surface area contributed by atoms with Gasteiger partial charge in [-0.3, -0.25) is 0 Å². The summed E-state index contributed by atoms with van der Waals surface area (Å²) in [5.41, 5.74) is 2.77. The van der Waals surface area contributed by atoms with Gasteiger partial charge in [0.1, 0.15) is 0 Å². The molecular weight excluding hydrogens is 212 g/mol. The number of ether oxygens (including phenoxy) is 1. The van der Waals surface area contributed by atoms with Gasteiger partial charge in [-0.25, -0.2) is 4.79 Å². The summed E-state index contributed by atoms with van der Waals surface area (Å²) in [7, 11) is 1.39. The Bertz CT molecular complexity index is 503. The molecule has 2 aromatic carbocycles. The number of rotatable bonds is 3. The van der Waals surface area contributed by atoms with Crippen molar-refractivity contribution < 1.29 is 9.53 Å². The lowest BCUT2D eigenvalue weighted by atomic mass is 10.0. The van der Waals surface area contributed by atoms with Crippen molar-refractivity contribution in [3.05, 3.63) is 71.3 Å². The van der Waals surface area contributed by atoms with E-state index in [0.717, 1.165) is 17.5 Å². The quantitative estimate of drug-likeness (QED) is 0.751. The molecule has 17 heavy (non-hydrogen) atoms. The fourth-order valence-corrected chi connectivity index (χ4v) is 1.69. The van der Waals surface area contributed by atoms with E-state index < -0.39 is 0 Å². The Morgan fingerprint density at radius 3 is 2.82 bits per heavy atom.